The first-order chi connectivity index (χ1) is 11.2. The van der Waals surface area contributed by atoms with Crippen LogP contribution in [0, 0.1) is 5.92 Å². The number of aliphatic hydroxyl groups is 1. The van der Waals surface area contributed by atoms with E-state index < -0.39 is 0 Å². The maximum Gasteiger partial charge on any atom is 0.227 e. The monoisotopic (exact) mass is 329 g/mol. The first kappa shape index (κ1) is 16.2. The molecule has 23 heavy (non-hydrogen) atoms. The lowest BCUT2D eigenvalue weighted by Crippen LogP contribution is -2.42. The van der Waals surface area contributed by atoms with Crippen molar-refractivity contribution in [1.82, 2.24) is 4.90 Å². The Bertz CT molecular complexity index is 604. The van der Waals surface area contributed by atoms with E-state index in [1.807, 2.05) is 39.9 Å². The molecule has 1 N–H and O–H groups in total. The molecule has 2 aromatic rings. The number of amides is 1. The number of benzene rings is 1. The van der Waals surface area contributed by atoms with Gasteiger partial charge in [-0.1, -0.05) is 30.3 Å². The summed E-state index contributed by atoms with van der Waals surface area (Å²) in [7, 11) is 0. The van der Waals surface area contributed by atoms with Gasteiger partial charge in [0, 0.05) is 13.1 Å². The highest BCUT2D eigenvalue weighted by Gasteiger charge is 2.27. The van der Waals surface area contributed by atoms with Gasteiger partial charge in [0.15, 0.2) is 0 Å². The van der Waals surface area contributed by atoms with Gasteiger partial charge >= 0.3 is 0 Å². The van der Waals surface area contributed by atoms with Gasteiger partial charge in [-0.05, 0) is 53.1 Å². The topological polar surface area (TPSA) is 40.5 Å². The lowest BCUT2D eigenvalue weighted by Gasteiger charge is -2.34. The van der Waals surface area contributed by atoms with Crippen molar-refractivity contribution in [2.75, 3.05) is 13.1 Å². The summed E-state index contributed by atoms with van der Waals surface area (Å²) >= 11 is 1.63. The van der Waals surface area contributed by atoms with Crippen LogP contribution in [-0.4, -0.2) is 35.1 Å². The van der Waals surface area contributed by atoms with E-state index in [0.29, 0.717) is 18.8 Å². The third-order valence-electron chi connectivity index (χ3n) is 4.66. The molecule has 1 amide bonds. The molecule has 1 aromatic heterocycles. The molecule has 0 unspecified atom stereocenters. The number of thiophene rings is 1. The second-order valence-electron chi connectivity index (χ2n) is 6.28. The van der Waals surface area contributed by atoms with Crippen LogP contribution in [0.15, 0.2) is 47.2 Å². The maximum atomic E-state index is 12.3. The highest BCUT2D eigenvalue weighted by molar-refractivity contribution is 7.07. The fourth-order valence-electron chi connectivity index (χ4n) is 3.24. The van der Waals surface area contributed by atoms with Crippen LogP contribution in [0.25, 0.3) is 0 Å². The molecule has 1 fully saturated rings. The number of hydrogen-bond acceptors (Lipinski definition) is 3. The lowest BCUT2D eigenvalue weighted by atomic mass is 9.88. The van der Waals surface area contributed by atoms with E-state index in [-0.39, 0.29) is 12.0 Å². The SMILES string of the molecule is O=C(Cc1ccsc1)N1CCC([C@@H](O)Cc2ccccc2)CC1. The third-order valence-corrected chi connectivity index (χ3v) is 5.39. The highest BCUT2D eigenvalue weighted by atomic mass is 32.1. The zero-order chi connectivity index (χ0) is 16.1. The summed E-state index contributed by atoms with van der Waals surface area (Å²) in [5.41, 5.74) is 2.28. The van der Waals surface area contributed by atoms with Crippen LogP contribution >= 0.6 is 11.3 Å². The smallest absolute Gasteiger partial charge is 0.227 e. The Kier molecular flexibility index (Phi) is 5.47. The van der Waals surface area contributed by atoms with Gasteiger partial charge < -0.3 is 10.0 Å². The molecule has 3 rings (SSSR count). The molecule has 1 aliphatic rings. The van der Waals surface area contributed by atoms with Gasteiger partial charge in [0.2, 0.25) is 5.91 Å². The van der Waals surface area contributed by atoms with E-state index in [9.17, 15) is 9.90 Å². The summed E-state index contributed by atoms with van der Waals surface area (Å²) in [6, 6.07) is 12.1. The summed E-state index contributed by atoms with van der Waals surface area (Å²) in [6.07, 6.45) is 2.67. The Hall–Kier alpha value is -1.65. The molecule has 0 spiro atoms. The molecule has 1 atom stereocenters. The number of aliphatic hydroxyl groups excluding tert-OH is 1. The Balaban J connectivity index is 1.47. The second kappa shape index (κ2) is 7.75. The first-order valence-electron chi connectivity index (χ1n) is 8.23. The van der Waals surface area contributed by atoms with Gasteiger partial charge in [0.05, 0.1) is 12.5 Å². The van der Waals surface area contributed by atoms with Crippen molar-refractivity contribution in [1.29, 1.82) is 0 Å². The fourth-order valence-corrected chi connectivity index (χ4v) is 3.90. The van der Waals surface area contributed by atoms with E-state index in [1.165, 1.54) is 5.56 Å². The molecular weight excluding hydrogens is 306 g/mol. The van der Waals surface area contributed by atoms with E-state index >= 15 is 0 Å². The van der Waals surface area contributed by atoms with Gasteiger partial charge in [0.25, 0.3) is 0 Å². The van der Waals surface area contributed by atoms with Crippen LogP contribution in [0.5, 0.6) is 0 Å². The molecule has 2 heterocycles. The predicted octanol–water partition coefficient (Wildman–Crippen LogP) is 3.13. The minimum absolute atomic E-state index is 0.208. The van der Waals surface area contributed by atoms with E-state index in [2.05, 4.69) is 12.1 Å². The van der Waals surface area contributed by atoms with Crippen LogP contribution in [0.1, 0.15) is 24.0 Å². The van der Waals surface area contributed by atoms with Gasteiger partial charge in [-0.2, -0.15) is 11.3 Å². The summed E-state index contributed by atoms with van der Waals surface area (Å²) in [4.78, 5) is 14.2. The molecule has 1 saturated heterocycles. The minimum Gasteiger partial charge on any atom is -0.392 e. The van der Waals surface area contributed by atoms with Crippen molar-refractivity contribution in [3.63, 3.8) is 0 Å². The van der Waals surface area contributed by atoms with Crippen molar-refractivity contribution in [3.8, 4) is 0 Å². The van der Waals surface area contributed by atoms with Crippen LogP contribution in [-0.2, 0) is 17.6 Å². The van der Waals surface area contributed by atoms with Crippen LogP contribution in [0.4, 0.5) is 0 Å². The van der Waals surface area contributed by atoms with Gasteiger partial charge in [-0.15, -0.1) is 0 Å². The standard InChI is InChI=1S/C19H23NO2S/c21-18(12-15-4-2-1-3-5-15)17-6-9-20(10-7-17)19(22)13-16-8-11-23-14-16/h1-5,8,11,14,17-18,21H,6-7,9-10,12-13H2/t18-/m0/s1. The average molecular weight is 329 g/mol. The number of rotatable bonds is 5. The van der Waals surface area contributed by atoms with Crippen molar-refractivity contribution >= 4 is 17.2 Å². The minimum atomic E-state index is -0.313. The molecule has 0 saturated carbocycles. The predicted molar refractivity (Wildman–Crippen MR) is 93.5 cm³/mol. The van der Waals surface area contributed by atoms with Crippen molar-refractivity contribution < 1.29 is 9.90 Å². The fraction of sp³-hybridized carbons (Fsp3) is 0.421. The average Bonchev–Trinajstić information content (AvgIpc) is 3.09. The van der Waals surface area contributed by atoms with E-state index in [0.717, 1.165) is 31.5 Å². The molecule has 122 valence electrons. The molecule has 1 aliphatic heterocycles. The number of nitrogens with zero attached hydrogens (tertiary/aromatic N) is 1. The number of carbonyl (C=O) groups is 1. The Morgan fingerprint density at radius 1 is 1.17 bits per heavy atom. The zero-order valence-electron chi connectivity index (χ0n) is 13.2. The van der Waals surface area contributed by atoms with Crippen molar-refractivity contribution in [3.05, 3.63) is 58.3 Å². The number of likely N-dealkylation sites (tertiary alicyclic amines) is 1. The largest absolute Gasteiger partial charge is 0.392 e. The quantitative estimate of drug-likeness (QED) is 0.915. The highest BCUT2D eigenvalue weighted by Crippen LogP contribution is 2.23. The molecular formula is C19H23NO2S. The van der Waals surface area contributed by atoms with Gasteiger partial charge in [-0.25, -0.2) is 0 Å². The normalized spacial score (nSPS) is 17.2. The first-order valence-corrected chi connectivity index (χ1v) is 9.17. The maximum absolute atomic E-state index is 12.3. The van der Waals surface area contributed by atoms with Crippen LogP contribution in [0.2, 0.25) is 0 Å². The zero-order valence-corrected chi connectivity index (χ0v) is 14.0. The third kappa shape index (κ3) is 4.43. The molecule has 0 aliphatic carbocycles. The number of carbonyl (C=O) groups excluding carboxylic acids is 1. The molecule has 3 nitrogen and oxygen atoms in total. The Labute approximate surface area is 141 Å². The summed E-state index contributed by atoms with van der Waals surface area (Å²) in [5, 5.41) is 14.5. The van der Waals surface area contributed by atoms with Gasteiger partial charge in [-0.3, -0.25) is 4.79 Å². The van der Waals surface area contributed by atoms with Crippen molar-refractivity contribution in [2.45, 2.75) is 31.8 Å². The van der Waals surface area contributed by atoms with Crippen molar-refractivity contribution in [2.24, 2.45) is 5.92 Å². The molecule has 1 aromatic carbocycles. The summed E-state index contributed by atoms with van der Waals surface area (Å²) < 4.78 is 0. The van der Waals surface area contributed by atoms with Gasteiger partial charge in [0.1, 0.15) is 0 Å². The molecule has 4 heteroatoms. The Morgan fingerprint density at radius 2 is 1.91 bits per heavy atom. The second-order valence-corrected chi connectivity index (χ2v) is 7.06. The Morgan fingerprint density at radius 3 is 2.57 bits per heavy atom. The number of hydrogen-bond donors (Lipinski definition) is 1. The van der Waals surface area contributed by atoms with E-state index in [4.69, 9.17) is 0 Å². The summed E-state index contributed by atoms with van der Waals surface area (Å²) in [5.74, 6) is 0.500. The van der Waals surface area contributed by atoms with E-state index in [1.54, 1.807) is 11.3 Å². The summed E-state index contributed by atoms with van der Waals surface area (Å²) in [6.45, 7) is 1.53. The van der Waals surface area contributed by atoms with Crippen LogP contribution in [0.3, 0.4) is 0 Å². The molecule has 0 radical (unpaired) electrons. The lowest BCUT2D eigenvalue weighted by molar-refractivity contribution is -0.132. The number of piperidine rings is 1. The van der Waals surface area contributed by atoms with Crippen LogP contribution < -0.4 is 0 Å². The molecule has 0 bridgehead atoms.